The number of halogens is 4. The third-order valence-electron chi connectivity index (χ3n) is 3.93. The molecule has 2 aromatic rings. The van der Waals surface area contributed by atoms with Crippen LogP contribution in [0.2, 0.25) is 5.28 Å². The zero-order valence-corrected chi connectivity index (χ0v) is 16.8. The highest BCUT2D eigenvalue weighted by Gasteiger charge is 2.36. The number of rotatable bonds is 7. The fourth-order valence-corrected chi connectivity index (χ4v) is 3.15. The molecule has 6 nitrogen and oxygen atoms in total. The van der Waals surface area contributed by atoms with Crippen LogP contribution in [0.25, 0.3) is 11.3 Å². The van der Waals surface area contributed by atoms with Crippen LogP contribution in [-0.4, -0.2) is 28.3 Å². The van der Waals surface area contributed by atoms with Crippen molar-refractivity contribution in [1.29, 1.82) is 0 Å². The van der Waals surface area contributed by atoms with E-state index in [-0.39, 0.29) is 29.1 Å². The maximum Gasteiger partial charge on any atom is 0.419 e. The predicted octanol–water partition coefficient (Wildman–Crippen LogP) is 5.09. The lowest BCUT2D eigenvalue weighted by molar-refractivity contribution is -0.139. The Bertz CT molecular complexity index is 877. The fraction of sp³-hybridized carbons (Fsp3) is 0.421. The van der Waals surface area contributed by atoms with Crippen molar-refractivity contribution in [1.82, 2.24) is 9.97 Å². The van der Waals surface area contributed by atoms with Gasteiger partial charge in [-0.2, -0.15) is 13.2 Å². The molecule has 0 fully saturated rings. The minimum absolute atomic E-state index is 0.0792. The molecule has 0 bridgehead atoms. The van der Waals surface area contributed by atoms with Crippen LogP contribution in [0.15, 0.2) is 30.5 Å². The molecule has 29 heavy (non-hydrogen) atoms. The first-order valence-electron chi connectivity index (χ1n) is 8.71. The first-order valence-corrected chi connectivity index (χ1v) is 9.09. The molecule has 2 rings (SSSR count). The number of nitrogens with two attached hydrogens (primary N) is 1. The van der Waals surface area contributed by atoms with Gasteiger partial charge in [-0.1, -0.05) is 13.8 Å². The zero-order valence-electron chi connectivity index (χ0n) is 16.1. The highest BCUT2D eigenvalue weighted by atomic mass is 35.5. The molecule has 10 heteroatoms. The molecule has 0 saturated carbocycles. The summed E-state index contributed by atoms with van der Waals surface area (Å²) >= 11 is 5.72. The van der Waals surface area contributed by atoms with Crippen molar-refractivity contribution in [2.45, 2.75) is 39.0 Å². The van der Waals surface area contributed by atoms with Crippen molar-refractivity contribution in [3.63, 3.8) is 0 Å². The molecule has 0 aliphatic rings. The summed E-state index contributed by atoms with van der Waals surface area (Å²) in [4.78, 5) is 18.8. The van der Waals surface area contributed by atoms with E-state index in [4.69, 9.17) is 26.8 Å². The SMILES string of the molecule is CC(C)C[C@@](C)(COc1ccc(-c2ccnc(Cl)n2)cc1C(F)(F)F)OC(N)=O. The minimum Gasteiger partial charge on any atom is -0.489 e. The summed E-state index contributed by atoms with van der Waals surface area (Å²) in [5.41, 5.74) is 3.37. The van der Waals surface area contributed by atoms with Gasteiger partial charge in [0.05, 0.1) is 11.3 Å². The largest absolute Gasteiger partial charge is 0.489 e. The van der Waals surface area contributed by atoms with Gasteiger partial charge < -0.3 is 15.2 Å². The van der Waals surface area contributed by atoms with Crippen LogP contribution >= 0.6 is 11.6 Å². The highest BCUT2D eigenvalue weighted by Crippen LogP contribution is 2.39. The lowest BCUT2D eigenvalue weighted by atomic mass is 9.95. The first kappa shape index (κ1) is 22.7. The second-order valence-corrected chi connectivity index (χ2v) is 7.52. The summed E-state index contributed by atoms with van der Waals surface area (Å²) in [7, 11) is 0. The van der Waals surface area contributed by atoms with Gasteiger partial charge in [0.1, 0.15) is 18.0 Å². The number of alkyl halides is 3. The minimum atomic E-state index is -4.68. The standard InChI is InChI=1S/C19H21ClF3N3O3/c1-11(2)9-18(3,29-17(24)27)10-28-15-5-4-12(8-13(15)19(21,22)23)14-6-7-25-16(20)26-14/h4-8,11H,9-10H2,1-3H3,(H2,24,27)/t18-/m0/s1. The quantitative estimate of drug-likeness (QED) is 0.616. The van der Waals surface area contributed by atoms with Crippen LogP contribution in [0.4, 0.5) is 18.0 Å². The molecule has 0 aliphatic heterocycles. The van der Waals surface area contributed by atoms with Gasteiger partial charge in [0.15, 0.2) is 0 Å². The van der Waals surface area contributed by atoms with E-state index in [9.17, 15) is 18.0 Å². The van der Waals surface area contributed by atoms with Crippen LogP contribution in [0.3, 0.4) is 0 Å². The molecular weight excluding hydrogens is 411 g/mol. The van der Waals surface area contributed by atoms with Gasteiger partial charge in [-0.3, -0.25) is 0 Å². The van der Waals surface area contributed by atoms with Gasteiger partial charge in [0.2, 0.25) is 5.28 Å². The van der Waals surface area contributed by atoms with E-state index in [2.05, 4.69) is 9.97 Å². The number of hydrogen-bond acceptors (Lipinski definition) is 5. The average Bonchev–Trinajstić information content (AvgIpc) is 2.57. The Hall–Kier alpha value is -2.55. The van der Waals surface area contributed by atoms with Crippen LogP contribution in [-0.2, 0) is 10.9 Å². The van der Waals surface area contributed by atoms with E-state index >= 15 is 0 Å². The summed E-state index contributed by atoms with van der Waals surface area (Å²) in [5, 5.41) is -0.0792. The zero-order chi connectivity index (χ0) is 21.8. The second kappa shape index (κ2) is 8.86. The van der Waals surface area contributed by atoms with E-state index < -0.39 is 29.2 Å². The van der Waals surface area contributed by atoms with E-state index in [1.807, 2.05) is 13.8 Å². The van der Waals surface area contributed by atoms with Crippen molar-refractivity contribution in [2.24, 2.45) is 11.7 Å². The topological polar surface area (TPSA) is 87.3 Å². The number of amides is 1. The lowest BCUT2D eigenvalue weighted by Crippen LogP contribution is -2.41. The van der Waals surface area contributed by atoms with Crippen LogP contribution in [0.1, 0.15) is 32.8 Å². The Morgan fingerprint density at radius 1 is 1.28 bits per heavy atom. The number of primary amides is 1. The summed E-state index contributed by atoms with van der Waals surface area (Å²) in [5.74, 6) is -0.306. The molecule has 0 radical (unpaired) electrons. The smallest absolute Gasteiger partial charge is 0.419 e. The van der Waals surface area contributed by atoms with Crippen molar-refractivity contribution >= 4 is 17.7 Å². The van der Waals surface area contributed by atoms with E-state index in [1.54, 1.807) is 6.92 Å². The lowest BCUT2D eigenvalue weighted by Gasteiger charge is -2.30. The van der Waals surface area contributed by atoms with Gasteiger partial charge in [0.25, 0.3) is 0 Å². The molecule has 1 aromatic heterocycles. The number of carbonyl (C=O) groups excluding carboxylic acids is 1. The van der Waals surface area contributed by atoms with Gasteiger partial charge in [0, 0.05) is 11.8 Å². The normalized spacial score (nSPS) is 13.8. The Morgan fingerprint density at radius 2 is 1.97 bits per heavy atom. The highest BCUT2D eigenvalue weighted by molar-refractivity contribution is 6.28. The molecule has 1 atom stereocenters. The number of carbonyl (C=O) groups is 1. The van der Waals surface area contributed by atoms with Gasteiger partial charge in [-0.05, 0) is 55.1 Å². The molecule has 1 aromatic carbocycles. The van der Waals surface area contributed by atoms with Gasteiger partial charge in [-0.15, -0.1) is 0 Å². The summed E-state index contributed by atoms with van der Waals surface area (Å²) in [6, 6.07) is 4.98. The maximum atomic E-state index is 13.6. The van der Waals surface area contributed by atoms with Gasteiger partial charge in [-0.25, -0.2) is 14.8 Å². The maximum absolute atomic E-state index is 13.6. The molecule has 0 unspecified atom stereocenters. The van der Waals surface area contributed by atoms with Crippen LogP contribution < -0.4 is 10.5 Å². The van der Waals surface area contributed by atoms with Gasteiger partial charge >= 0.3 is 12.3 Å². The van der Waals surface area contributed by atoms with Crippen molar-refractivity contribution < 1.29 is 27.4 Å². The van der Waals surface area contributed by atoms with E-state index in [0.717, 1.165) is 6.07 Å². The molecule has 0 aliphatic carbocycles. The number of nitrogens with zero attached hydrogens (tertiary/aromatic N) is 2. The molecule has 1 amide bonds. The molecule has 158 valence electrons. The molecular formula is C19H21ClF3N3O3. The first-order chi connectivity index (χ1) is 13.4. The number of benzene rings is 1. The number of ether oxygens (including phenoxy) is 2. The summed E-state index contributed by atoms with van der Waals surface area (Å²) < 4.78 is 51.4. The summed E-state index contributed by atoms with van der Waals surface area (Å²) in [6.07, 6.45) is -4.00. The van der Waals surface area contributed by atoms with Crippen molar-refractivity contribution in [2.75, 3.05) is 6.61 Å². The number of aromatic nitrogens is 2. The Balaban J connectivity index is 2.35. The predicted molar refractivity (Wildman–Crippen MR) is 102 cm³/mol. The Kier molecular flexibility index (Phi) is 6.94. The third-order valence-corrected chi connectivity index (χ3v) is 4.11. The monoisotopic (exact) mass is 431 g/mol. The van der Waals surface area contributed by atoms with E-state index in [0.29, 0.717) is 6.42 Å². The third kappa shape index (κ3) is 6.49. The van der Waals surface area contributed by atoms with Crippen molar-refractivity contribution in [3.8, 4) is 17.0 Å². The molecule has 1 heterocycles. The average molecular weight is 432 g/mol. The Labute approximate surface area is 171 Å². The van der Waals surface area contributed by atoms with Crippen LogP contribution in [0, 0.1) is 5.92 Å². The fourth-order valence-electron chi connectivity index (χ4n) is 3.00. The second-order valence-electron chi connectivity index (χ2n) is 7.18. The molecule has 2 N–H and O–H groups in total. The molecule has 0 saturated heterocycles. The van der Waals surface area contributed by atoms with Crippen LogP contribution in [0.5, 0.6) is 5.75 Å². The van der Waals surface area contributed by atoms with E-state index in [1.165, 1.54) is 24.4 Å². The molecule has 0 spiro atoms. The number of hydrogen-bond donors (Lipinski definition) is 1. The van der Waals surface area contributed by atoms with Crippen molar-refractivity contribution in [3.05, 3.63) is 41.3 Å². The Morgan fingerprint density at radius 3 is 2.52 bits per heavy atom. The summed E-state index contributed by atoms with van der Waals surface area (Å²) in [6.45, 7) is 5.02.